The summed E-state index contributed by atoms with van der Waals surface area (Å²) in [6.45, 7) is 2.42. The van der Waals surface area contributed by atoms with E-state index in [1.807, 2.05) is 0 Å². The van der Waals surface area contributed by atoms with Crippen LogP contribution >= 0.6 is 0 Å². The molecule has 0 radical (unpaired) electrons. The van der Waals surface area contributed by atoms with Gasteiger partial charge in [0.2, 0.25) is 0 Å². The highest BCUT2D eigenvalue weighted by atomic mass is 19.3. The van der Waals surface area contributed by atoms with Gasteiger partial charge in [0.1, 0.15) is 12.4 Å². The molecule has 0 aromatic carbocycles. The number of halogens is 2. The molecule has 11 heavy (non-hydrogen) atoms. The van der Waals surface area contributed by atoms with Gasteiger partial charge in [0, 0.05) is 6.42 Å². The van der Waals surface area contributed by atoms with Crippen LogP contribution in [0.25, 0.3) is 0 Å². The van der Waals surface area contributed by atoms with Gasteiger partial charge in [0.05, 0.1) is 6.10 Å². The van der Waals surface area contributed by atoms with Gasteiger partial charge in [0.25, 0.3) is 6.43 Å². The van der Waals surface area contributed by atoms with Crippen LogP contribution in [-0.4, -0.2) is 24.9 Å². The molecule has 0 saturated heterocycles. The van der Waals surface area contributed by atoms with Crippen molar-refractivity contribution in [2.45, 2.75) is 32.8 Å². The molecule has 0 bridgehead atoms. The molecule has 0 aliphatic heterocycles. The minimum absolute atomic E-state index is 0.0493. The van der Waals surface area contributed by atoms with Crippen LogP contribution in [0.1, 0.15) is 20.3 Å². The maximum Gasteiger partial charge on any atom is 0.261 e. The number of hydrogen-bond acceptors (Lipinski definition) is 2. The van der Waals surface area contributed by atoms with Crippen molar-refractivity contribution in [3.05, 3.63) is 0 Å². The summed E-state index contributed by atoms with van der Waals surface area (Å²) < 4.78 is 27.7. The normalized spacial score (nSPS) is 13.5. The Morgan fingerprint density at radius 2 is 2.09 bits per heavy atom. The zero-order valence-corrected chi connectivity index (χ0v) is 6.64. The molecular weight excluding hydrogens is 154 g/mol. The zero-order valence-electron chi connectivity index (χ0n) is 6.64. The van der Waals surface area contributed by atoms with Crippen molar-refractivity contribution in [3.8, 4) is 0 Å². The Labute approximate surface area is 64.5 Å². The minimum Gasteiger partial charge on any atom is -0.372 e. The molecule has 0 rings (SSSR count). The van der Waals surface area contributed by atoms with Crippen molar-refractivity contribution in [2.75, 3.05) is 6.61 Å². The summed E-state index contributed by atoms with van der Waals surface area (Å²) in [7, 11) is 0. The molecule has 2 nitrogen and oxygen atoms in total. The van der Waals surface area contributed by atoms with Gasteiger partial charge >= 0.3 is 0 Å². The van der Waals surface area contributed by atoms with Crippen LogP contribution in [0.15, 0.2) is 0 Å². The second-order valence-electron chi connectivity index (χ2n) is 2.44. The number of alkyl halides is 2. The summed E-state index contributed by atoms with van der Waals surface area (Å²) in [6, 6.07) is 0. The maximum atomic E-state index is 11.5. The largest absolute Gasteiger partial charge is 0.372 e. The topological polar surface area (TPSA) is 26.3 Å². The van der Waals surface area contributed by atoms with Gasteiger partial charge in [-0.05, 0) is 13.8 Å². The molecule has 4 heteroatoms. The van der Waals surface area contributed by atoms with Crippen molar-refractivity contribution in [1.29, 1.82) is 0 Å². The van der Waals surface area contributed by atoms with E-state index in [-0.39, 0.29) is 12.2 Å². The second kappa shape index (κ2) is 5.18. The number of Topliss-reactive ketones (excluding diaryl/α,β-unsaturated/α-hetero) is 1. The number of hydrogen-bond donors (Lipinski definition) is 0. The monoisotopic (exact) mass is 166 g/mol. The Balaban J connectivity index is 3.37. The van der Waals surface area contributed by atoms with Crippen LogP contribution in [0, 0.1) is 0 Å². The lowest BCUT2D eigenvalue weighted by molar-refractivity contribution is -0.120. The molecule has 1 atom stereocenters. The van der Waals surface area contributed by atoms with Crippen molar-refractivity contribution in [3.63, 3.8) is 0 Å². The molecule has 0 aromatic rings. The summed E-state index contributed by atoms with van der Waals surface area (Å²) in [5, 5.41) is 0. The van der Waals surface area contributed by atoms with Crippen LogP contribution in [-0.2, 0) is 9.53 Å². The number of ketones is 1. The van der Waals surface area contributed by atoms with Crippen molar-refractivity contribution >= 4 is 5.78 Å². The van der Waals surface area contributed by atoms with Gasteiger partial charge in [-0.2, -0.15) is 0 Å². The van der Waals surface area contributed by atoms with E-state index in [1.165, 1.54) is 6.92 Å². The number of carbonyl (C=O) groups excluding carboxylic acids is 1. The van der Waals surface area contributed by atoms with Crippen LogP contribution in [0.3, 0.4) is 0 Å². The lowest BCUT2D eigenvalue weighted by Gasteiger charge is -2.09. The van der Waals surface area contributed by atoms with E-state index in [2.05, 4.69) is 4.74 Å². The van der Waals surface area contributed by atoms with Crippen molar-refractivity contribution < 1.29 is 18.3 Å². The SMILES string of the molecule is CC(=O)CC(C)OCC(F)F. The fourth-order valence-electron chi connectivity index (χ4n) is 0.701. The molecular formula is C7H12F2O2. The molecule has 0 aliphatic carbocycles. The molecule has 0 fully saturated rings. The third kappa shape index (κ3) is 7.39. The summed E-state index contributed by atoms with van der Waals surface area (Å²) in [5.74, 6) is -0.0493. The summed E-state index contributed by atoms with van der Waals surface area (Å²) in [4.78, 5) is 10.4. The third-order valence-electron chi connectivity index (χ3n) is 1.08. The molecule has 0 heterocycles. The maximum absolute atomic E-state index is 11.5. The number of ether oxygens (including phenoxy) is 1. The Bertz CT molecular complexity index is 126. The zero-order chi connectivity index (χ0) is 8.85. The summed E-state index contributed by atoms with van der Waals surface area (Å²) >= 11 is 0. The Hall–Kier alpha value is -0.510. The summed E-state index contributed by atoms with van der Waals surface area (Å²) in [6.07, 6.45) is -2.65. The average Bonchev–Trinajstić information content (AvgIpc) is 1.82. The predicted octanol–water partition coefficient (Wildman–Crippen LogP) is 1.64. The van der Waals surface area contributed by atoms with E-state index >= 15 is 0 Å². The van der Waals surface area contributed by atoms with Gasteiger partial charge in [-0.3, -0.25) is 4.79 Å². The van der Waals surface area contributed by atoms with Crippen LogP contribution in [0.4, 0.5) is 8.78 Å². The predicted molar refractivity (Wildman–Crippen MR) is 36.7 cm³/mol. The van der Waals surface area contributed by atoms with Gasteiger partial charge in [-0.25, -0.2) is 8.78 Å². The van der Waals surface area contributed by atoms with Gasteiger partial charge in [-0.15, -0.1) is 0 Å². The minimum atomic E-state index is -2.45. The quantitative estimate of drug-likeness (QED) is 0.620. The summed E-state index contributed by atoms with van der Waals surface area (Å²) in [5.41, 5.74) is 0. The Kier molecular flexibility index (Phi) is 4.94. The van der Waals surface area contributed by atoms with Gasteiger partial charge < -0.3 is 4.74 Å². The molecule has 0 N–H and O–H groups in total. The average molecular weight is 166 g/mol. The molecule has 0 spiro atoms. The highest BCUT2D eigenvalue weighted by Gasteiger charge is 2.08. The fraction of sp³-hybridized carbons (Fsp3) is 0.857. The van der Waals surface area contributed by atoms with Crippen molar-refractivity contribution in [2.24, 2.45) is 0 Å². The highest BCUT2D eigenvalue weighted by Crippen LogP contribution is 2.01. The van der Waals surface area contributed by atoms with E-state index < -0.39 is 19.1 Å². The highest BCUT2D eigenvalue weighted by molar-refractivity contribution is 5.75. The second-order valence-corrected chi connectivity index (χ2v) is 2.44. The molecule has 0 aliphatic rings. The lowest BCUT2D eigenvalue weighted by Crippen LogP contribution is -2.16. The number of carbonyl (C=O) groups is 1. The molecule has 0 aromatic heterocycles. The van der Waals surface area contributed by atoms with Gasteiger partial charge in [-0.1, -0.05) is 0 Å². The van der Waals surface area contributed by atoms with Crippen LogP contribution in [0.2, 0.25) is 0 Å². The van der Waals surface area contributed by atoms with E-state index in [0.29, 0.717) is 0 Å². The molecule has 0 saturated carbocycles. The fourth-order valence-corrected chi connectivity index (χ4v) is 0.701. The van der Waals surface area contributed by atoms with Crippen LogP contribution in [0.5, 0.6) is 0 Å². The van der Waals surface area contributed by atoms with E-state index in [4.69, 9.17) is 0 Å². The third-order valence-corrected chi connectivity index (χ3v) is 1.08. The first-order valence-electron chi connectivity index (χ1n) is 3.41. The first kappa shape index (κ1) is 10.5. The van der Waals surface area contributed by atoms with Crippen LogP contribution < -0.4 is 0 Å². The van der Waals surface area contributed by atoms with E-state index in [1.54, 1.807) is 6.92 Å². The van der Waals surface area contributed by atoms with E-state index in [0.717, 1.165) is 0 Å². The van der Waals surface area contributed by atoms with Gasteiger partial charge in [0.15, 0.2) is 0 Å². The molecule has 1 unspecified atom stereocenters. The molecule has 0 amide bonds. The van der Waals surface area contributed by atoms with E-state index in [9.17, 15) is 13.6 Å². The Morgan fingerprint density at radius 3 is 2.45 bits per heavy atom. The smallest absolute Gasteiger partial charge is 0.261 e. The Morgan fingerprint density at radius 1 is 1.55 bits per heavy atom. The van der Waals surface area contributed by atoms with Crippen molar-refractivity contribution in [1.82, 2.24) is 0 Å². The number of rotatable bonds is 5. The first-order valence-corrected chi connectivity index (χ1v) is 3.41. The molecule has 66 valence electrons. The lowest BCUT2D eigenvalue weighted by atomic mass is 10.2. The first-order chi connectivity index (χ1) is 5.02. The standard InChI is InChI=1S/C7H12F2O2/c1-5(10)3-6(2)11-4-7(8)9/h6-7H,3-4H2,1-2H3.